The Morgan fingerprint density at radius 1 is 1.19 bits per heavy atom. The molecule has 0 bridgehead atoms. The lowest BCUT2D eigenvalue weighted by molar-refractivity contribution is -0.119. The van der Waals surface area contributed by atoms with E-state index in [4.69, 9.17) is 0 Å². The number of nitrogens with one attached hydrogen (secondary N) is 3. The Hall–Kier alpha value is -3.93. The average Bonchev–Trinajstić information content (AvgIpc) is 3.49. The molecule has 1 saturated heterocycles. The van der Waals surface area contributed by atoms with Crippen molar-refractivity contribution >= 4 is 23.7 Å². The lowest BCUT2D eigenvalue weighted by Crippen LogP contribution is -2.42. The number of allylic oxidation sites excluding steroid dienone is 4. The average molecular weight is 605 g/mol. The molecule has 3 rings (SSSR count). The molecule has 1 aromatic rings. The van der Waals surface area contributed by atoms with Crippen molar-refractivity contribution in [2.24, 2.45) is 0 Å². The van der Waals surface area contributed by atoms with Crippen LogP contribution in [-0.4, -0.2) is 67.1 Å². The van der Waals surface area contributed by atoms with Gasteiger partial charge in [-0.3, -0.25) is 14.5 Å². The zero-order chi connectivity index (χ0) is 31.7. The molecule has 2 amide bonds. The SMILES string of the molecule is C/C=C(\C(=C/NC=O)C(=O)NC1=C\NCC(C)N(C)C(C)CC=C(F)/C(c2cnc(N3CCCC3)c(C)c2)=C\1)C(F)(F)F. The molecule has 0 spiro atoms. The van der Waals surface area contributed by atoms with E-state index in [1.165, 1.54) is 18.4 Å². The van der Waals surface area contributed by atoms with Gasteiger partial charge in [-0.2, -0.15) is 13.2 Å². The van der Waals surface area contributed by atoms with Gasteiger partial charge in [0.05, 0.1) is 16.8 Å². The minimum absolute atomic E-state index is 0.0135. The molecule has 0 saturated carbocycles. The van der Waals surface area contributed by atoms with Gasteiger partial charge < -0.3 is 20.9 Å². The summed E-state index contributed by atoms with van der Waals surface area (Å²) in [6, 6.07) is 1.85. The van der Waals surface area contributed by atoms with E-state index in [0.29, 0.717) is 24.7 Å². The number of anilines is 1. The van der Waals surface area contributed by atoms with Crippen molar-refractivity contribution in [3.63, 3.8) is 0 Å². The zero-order valence-electron chi connectivity index (χ0n) is 25.2. The lowest BCUT2D eigenvalue weighted by atomic mass is 10.0. The molecule has 2 atom stereocenters. The van der Waals surface area contributed by atoms with Crippen LogP contribution in [0.2, 0.25) is 0 Å². The van der Waals surface area contributed by atoms with Gasteiger partial charge in [0.2, 0.25) is 6.41 Å². The Morgan fingerprint density at radius 3 is 2.49 bits per heavy atom. The van der Waals surface area contributed by atoms with Crippen LogP contribution in [-0.2, 0) is 9.59 Å². The van der Waals surface area contributed by atoms with E-state index in [9.17, 15) is 22.8 Å². The molecule has 0 radical (unpaired) electrons. The summed E-state index contributed by atoms with van der Waals surface area (Å²) in [6.07, 6.45) is 5.09. The predicted octanol–water partition coefficient (Wildman–Crippen LogP) is 5.03. The van der Waals surface area contributed by atoms with Gasteiger partial charge in [0.15, 0.2) is 0 Å². The number of alkyl halides is 3. The lowest BCUT2D eigenvalue weighted by Gasteiger charge is -2.30. The number of aromatic nitrogens is 1. The number of rotatable bonds is 7. The van der Waals surface area contributed by atoms with Crippen LogP contribution < -0.4 is 20.9 Å². The number of carbonyl (C=O) groups excluding carboxylic acids is 2. The second-order valence-electron chi connectivity index (χ2n) is 10.8. The van der Waals surface area contributed by atoms with Gasteiger partial charge in [0.1, 0.15) is 11.6 Å². The molecule has 2 aliphatic rings. The Morgan fingerprint density at radius 2 is 1.88 bits per heavy atom. The summed E-state index contributed by atoms with van der Waals surface area (Å²) in [5.41, 5.74) is -0.625. The normalized spacial score (nSPS) is 23.9. The van der Waals surface area contributed by atoms with Crippen LogP contribution in [0, 0.1) is 6.92 Å². The first-order valence-corrected chi connectivity index (χ1v) is 14.3. The van der Waals surface area contributed by atoms with E-state index >= 15 is 4.39 Å². The highest BCUT2D eigenvalue weighted by Gasteiger charge is 2.38. The summed E-state index contributed by atoms with van der Waals surface area (Å²) in [5.74, 6) is -0.887. The van der Waals surface area contributed by atoms with Crippen molar-refractivity contribution < 1.29 is 27.2 Å². The summed E-state index contributed by atoms with van der Waals surface area (Å²) in [5, 5.41) is 7.60. The van der Waals surface area contributed by atoms with Crippen molar-refractivity contribution in [1.82, 2.24) is 25.8 Å². The van der Waals surface area contributed by atoms with E-state index in [-0.39, 0.29) is 29.8 Å². The van der Waals surface area contributed by atoms with E-state index in [1.54, 1.807) is 6.20 Å². The fourth-order valence-electron chi connectivity index (χ4n) is 5.06. The maximum absolute atomic E-state index is 16.0. The maximum Gasteiger partial charge on any atom is 0.416 e. The number of nitrogens with zero attached hydrogens (tertiary/aromatic N) is 3. The Balaban J connectivity index is 2.11. The minimum atomic E-state index is -4.87. The zero-order valence-corrected chi connectivity index (χ0v) is 25.2. The minimum Gasteiger partial charge on any atom is -0.388 e. The molecule has 234 valence electrons. The van der Waals surface area contributed by atoms with Gasteiger partial charge in [-0.05, 0) is 77.8 Å². The van der Waals surface area contributed by atoms with Crippen molar-refractivity contribution in [1.29, 1.82) is 0 Å². The van der Waals surface area contributed by atoms with Crippen LogP contribution in [0.5, 0.6) is 0 Å². The van der Waals surface area contributed by atoms with Gasteiger partial charge in [-0.15, -0.1) is 0 Å². The highest BCUT2D eigenvalue weighted by Crippen LogP contribution is 2.33. The van der Waals surface area contributed by atoms with Crippen molar-refractivity contribution in [3.05, 3.63) is 76.7 Å². The Kier molecular flexibility index (Phi) is 11.7. The second-order valence-corrected chi connectivity index (χ2v) is 10.8. The Bertz CT molecular complexity index is 1330. The van der Waals surface area contributed by atoms with Crippen LogP contribution in [0.15, 0.2) is 65.6 Å². The number of hydrogen-bond acceptors (Lipinski definition) is 6. The topological polar surface area (TPSA) is 89.6 Å². The number of amides is 2. The third kappa shape index (κ3) is 8.79. The standard InChI is InChI=1S/C31H40F4N6O2/c1-6-27(31(33,34)35)26(18-37-19-42)30(43)39-24-14-25(23-13-20(2)29(38-16-23)41-11-7-8-12-41)28(32)10-9-21(3)40(5)22(4)15-36-17-24/h6,10,13-14,16-19,21-22,36H,7-9,11-12,15H2,1-5H3,(H,37,42)(H,39,43)/b24-17-,25-14-,26-18+,27-6+,28-10?. The van der Waals surface area contributed by atoms with Gasteiger partial charge in [-0.1, -0.05) is 6.08 Å². The molecule has 0 aromatic carbocycles. The third-order valence-corrected chi connectivity index (χ3v) is 7.71. The largest absolute Gasteiger partial charge is 0.416 e. The number of carbonyl (C=O) groups is 2. The predicted molar refractivity (Wildman–Crippen MR) is 160 cm³/mol. The molecular weight excluding hydrogens is 564 g/mol. The van der Waals surface area contributed by atoms with Gasteiger partial charge in [0.25, 0.3) is 5.91 Å². The number of pyridine rings is 1. The summed E-state index contributed by atoms with van der Waals surface area (Å²) in [6.45, 7) is 9.23. The quantitative estimate of drug-likeness (QED) is 0.175. The molecule has 43 heavy (non-hydrogen) atoms. The van der Waals surface area contributed by atoms with E-state index < -0.39 is 29.1 Å². The molecule has 3 heterocycles. The van der Waals surface area contributed by atoms with Crippen molar-refractivity contribution in [2.45, 2.75) is 65.2 Å². The van der Waals surface area contributed by atoms with Gasteiger partial charge in [0, 0.05) is 61.5 Å². The fraction of sp³-hybridized carbons (Fsp3) is 0.452. The summed E-state index contributed by atoms with van der Waals surface area (Å²) in [4.78, 5) is 33.0. The van der Waals surface area contributed by atoms with Crippen molar-refractivity contribution in [3.8, 4) is 0 Å². The van der Waals surface area contributed by atoms with Crippen LogP contribution >= 0.6 is 0 Å². The maximum atomic E-state index is 16.0. The summed E-state index contributed by atoms with van der Waals surface area (Å²) < 4.78 is 57.2. The highest BCUT2D eigenvalue weighted by atomic mass is 19.4. The first-order valence-electron chi connectivity index (χ1n) is 14.3. The van der Waals surface area contributed by atoms with Gasteiger partial charge in [-0.25, -0.2) is 9.37 Å². The first-order chi connectivity index (χ1) is 20.4. The van der Waals surface area contributed by atoms with Gasteiger partial charge >= 0.3 is 6.18 Å². The summed E-state index contributed by atoms with van der Waals surface area (Å²) >= 11 is 0. The molecule has 8 nitrogen and oxygen atoms in total. The fourth-order valence-corrected chi connectivity index (χ4v) is 5.06. The summed E-state index contributed by atoms with van der Waals surface area (Å²) in [7, 11) is 1.93. The molecule has 12 heteroatoms. The molecule has 2 unspecified atom stereocenters. The molecular formula is C31H40F4N6O2. The van der Waals surface area contributed by atoms with E-state index in [1.807, 2.05) is 39.2 Å². The Labute approximate surface area is 250 Å². The third-order valence-electron chi connectivity index (χ3n) is 7.71. The van der Waals surface area contributed by atoms with E-state index in [0.717, 1.165) is 50.3 Å². The smallest absolute Gasteiger partial charge is 0.388 e. The number of likely N-dealkylation sites (N-methyl/N-ethyl adjacent to an activating group) is 1. The number of halogens is 4. The number of aryl methyl sites for hydroxylation is 1. The first kappa shape index (κ1) is 33.6. The van der Waals surface area contributed by atoms with Crippen LogP contribution in [0.25, 0.3) is 5.57 Å². The van der Waals surface area contributed by atoms with E-state index in [2.05, 4.69) is 25.4 Å². The van der Waals surface area contributed by atoms with Crippen LogP contribution in [0.4, 0.5) is 23.4 Å². The molecule has 1 fully saturated rings. The highest BCUT2D eigenvalue weighted by molar-refractivity contribution is 5.99. The molecule has 3 N–H and O–H groups in total. The number of hydrogen-bond donors (Lipinski definition) is 3. The molecule has 1 aromatic heterocycles. The van der Waals surface area contributed by atoms with Crippen molar-refractivity contribution in [2.75, 3.05) is 31.6 Å². The van der Waals surface area contributed by atoms with Crippen LogP contribution in [0.3, 0.4) is 0 Å². The monoisotopic (exact) mass is 604 g/mol. The second kappa shape index (κ2) is 15.0. The van der Waals surface area contributed by atoms with Crippen LogP contribution in [0.1, 0.15) is 51.2 Å². The molecule has 2 aliphatic heterocycles. The molecule has 0 aliphatic carbocycles.